The highest BCUT2D eigenvalue weighted by atomic mass is 16.7. The number of rotatable bonds is 3. The number of hydrogen-bond acceptors (Lipinski definition) is 2. The van der Waals surface area contributed by atoms with E-state index < -0.39 is 0 Å². The summed E-state index contributed by atoms with van der Waals surface area (Å²) in [7, 11) is -0.162. The zero-order valence-electron chi connectivity index (χ0n) is 10.9. The Balaban J connectivity index is 2.83. The number of allylic oxidation sites excluding steroid dienone is 2. The monoisotopic (exact) mass is 210 g/mol. The molecule has 0 spiro atoms. The molecule has 0 aromatic heterocycles. The van der Waals surface area contributed by atoms with Crippen molar-refractivity contribution in [3.63, 3.8) is 0 Å². The molecule has 0 radical (unpaired) electrons. The minimum Gasteiger partial charge on any atom is -0.400 e. The van der Waals surface area contributed by atoms with Crippen LogP contribution in [0, 0.1) is 0 Å². The largest absolute Gasteiger partial charge is 0.489 e. The van der Waals surface area contributed by atoms with E-state index in [1.54, 1.807) is 0 Å². The van der Waals surface area contributed by atoms with Gasteiger partial charge in [0.1, 0.15) is 0 Å². The minimum atomic E-state index is -0.213. The van der Waals surface area contributed by atoms with Gasteiger partial charge in [-0.3, -0.25) is 0 Å². The quantitative estimate of drug-likeness (QED) is 0.665. The van der Waals surface area contributed by atoms with Crippen LogP contribution in [0.15, 0.2) is 11.5 Å². The Hall–Kier alpha value is -0.275. The first kappa shape index (κ1) is 12.8. The van der Waals surface area contributed by atoms with E-state index in [-0.39, 0.29) is 18.3 Å². The van der Waals surface area contributed by atoms with Crippen molar-refractivity contribution in [1.82, 2.24) is 0 Å². The summed E-state index contributed by atoms with van der Waals surface area (Å²) in [6.07, 6.45) is 4.16. The lowest BCUT2D eigenvalue weighted by Crippen LogP contribution is -2.44. The maximum atomic E-state index is 6.04. The van der Waals surface area contributed by atoms with Crippen molar-refractivity contribution in [3.8, 4) is 0 Å². The third-order valence-electron chi connectivity index (χ3n) is 3.61. The average Bonchev–Trinajstić information content (AvgIpc) is 2.39. The first-order valence-electron chi connectivity index (χ1n) is 5.88. The predicted molar refractivity (Wildman–Crippen MR) is 64.7 cm³/mol. The van der Waals surface area contributed by atoms with Gasteiger partial charge in [-0.15, -0.1) is 0 Å². The van der Waals surface area contributed by atoms with Crippen molar-refractivity contribution in [2.45, 2.75) is 65.6 Å². The minimum absolute atomic E-state index is 0.162. The molecule has 0 aromatic carbocycles. The number of hydrogen-bond donors (Lipinski definition) is 0. The zero-order valence-corrected chi connectivity index (χ0v) is 10.9. The fourth-order valence-corrected chi connectivity index (χ4v) is 1.91. The Morgan fingerprint density at radius 2 is 1.80 bits per heavy atom. The molecule has 1 rings (SSSR count). The normalized spacial score (nSPS) is 31.1. The SMILES string of the molecule is CC/C=C(\C)B1OC(C)(C)C(C)(CC)O1. The highest BCUT2D eigenvalue weighted by Gasteiger charge is 2.53. The van der Waals surface area contributed by atoms with Crippen LogP contribution in [0.2, 0.25) is 0 Å². The smallest absolute Gasteiger partial charge is 0.400 e. The summed E-state index contributed by atoms with van der Waals surface area (Å²) in [6.45, 7) is 12.7. The van der Waals surface area contributed by atoms with Gasteiger partial charge in [0.25, 0.3) is 0 Å². The van der Waals surface area contributed by atoms with E-state index in [2.05, 4.69) is 47.6 Å². The molecule has 1 fully saturated rings. The average molecular weight is 210 g/mol. The second kappa shape index (κ2) is 4.30. The van der Waals surface area contributed by atoms with Crippen LogP contribution < -0.4 is 0 Å². The molecule has 1 heterocycles. The van der Waals surface area contributed by atoms with Crippen molar-refractivity contribution in [3.05, 3.63) is 11.5 Å². The molecule has 1 aliphatic heterocycles. The molecule has 0 N–H and O–H groups in total. The van der Waals surface area contributed by atoms with Gasteiger partial charge in [-0.1, -0.05) is 19.9 Å². The van der Waals surface area contributed by atoms with Crippen LogP contribution in [0.1, 0.15) is 54.4 Å². The molecular weight excluding hydrogens is 187 g/mol. The third-order valence-corrected chi connectivity index (χ3v) is 3.61. The van der Waals surface area contributed by atoms with Crippen molar-refractivity contribution in [2.75, 3.05) is 0 Å². The molecule has 1 atom stereocenters. The first-order valence-corrected chi connectivity index (χ1v) is 5.88. The fraction of sp³-hybridized carbons (Fsp3) is 0.833. The Kier molecular flexibility index (Phi) is 3.67. The lowest BCUT2D eigenvalue weighted by molar-refractivity contribution is -0.0118. The second-order valence-corrected chi connectivity index (χ2v) is 5.02. The summed E-state index contributed by atoms with van der Waals surface area (Å²) in [5.41, 5.74) is 0.790. The molecule has 3 heteroatoms. The van der Waals surface area contributed by atoms with E-state index in [0.29, 0.717) is 0 Å². The molecule has 0 bridgehead atoms. The molecule has 1 aliphatic rings. The van der Waals surface area contributed by atoms with Crippen molar-refractivity contribution in [1.29, 1.82) is 0 Å². The van der Waals surface area contributed by atoms with Crippen LogP contribution >= 0.6 is 0 Å². The van der Waals surface area contributed by atoms with Gasteiger partial charge < -0.3 is 9.31 Å². The highest BCUT2D eigenvalue weighted by molar-refractivity contribution is 6.54. The van der Waals surface area contributed by atoms with Gasteiger partial charge in [-0.05, 0) is 46.0 Å². The van der Waals surface area contributed by atoms with Gasteiger partial charge in [0.2, 0.25) is 0 Å². The fourth-order valence-electron chi connectivity index (χ4n) is 1.91. The summed E-state index contributed by atoms with van der Waals surface area (Å²) >= 11 is 0. The Morgan fingerprint density at radius 3 is 2.20 bits per heavy atom. The Bertz CT molecular complexity index is 260. The van der Waals surface area contributed by atoms with Crippen molar-refractivity contribution >= 4 is 7.12 Å². The second-order valence-electron chi connectivity index (χ2n) is 5.02. The molecule has 1 unspecified atom stereocenters. The van der Waals surface area contributed by atoms with Gasteiger partial charge in [0.05, 0.1) is 11.2 Å². The molecule has 0 aromatic rings. The third kappa shape index (κ3) is 2.29. The van der Waals surface area contributed by atoms with Gasteiger partial charge >= 0.3 is 7.12 Å². The molecule has 0 saturated carbocycles. The van der Waals surface area contributed by atoms with Gasteiger partial charge in [-0.25, -0.2) is 0 Å². The van der Waals surface area contributed by atoms with Crippen molar-refractivity contribution in [2.24, 2.45) is 0 Å². The van der Waals surface area contributed by atoms with E-state index in [1.807, 2.05) is 0 Å². The standard InChI is InChI=1S/C12H23BO2/c1-7-9-10(3)13-14-11(4,5)12(6,8-2)15-13/h9H,7-8H2,1-6H3/b10-9+. The Morgan fingerprint density at radius 1 is 1.20 bits per heavy atom. The Labute approximate surface area is 94.2 Å². The maximum absolute atomic E-state index is 6.04. The van der Waals surface area contributed by atoms with E-state index in [1.165, 1.54) is 5.47 Å². The molecule has 1 saturated heterocycles. The van der Waals surface area contributed by atoms with E-state index in [9.17, 15) is 0 Å². The predicted octanol–water partition coefficient (Wildman–Crippen LogP) is 3.36. The first-order chi connectivity index (χ1) is 6.86. The van der Waals surface area contributed by atoms with E-state index >= 15 is 0 Å². The van der Waals surface area contributed by atoms with Gasteiger partial charge in [0.15, 0.2) is 0 Å². The van der Waals surface area contributed by atoms with Crippen LogP contribution in [0.5, 0.6) is 0 Å². The summed E-state index contributed by atoms with van der Waals surface area (Å²) in [5.74, 6) is 0. The molecule has 0 aliphatic carbocycles. The van der Waals surface area contributed by atoms with E-state index in [4.69, 9.17) is 9.31 Å². The van der Waals surface area contributed by atoms with Gasteiger partial charge in [-0.2, -0.15) is 0 Å². The summed E-state index contributed by atoms with van der Waals surface area (Å²) in [6, 6.07) is 0. The van der Waals surface area contributed by atoms with E-state index in [0.717, 1.165) is 12.8 Å². The van der Waals surface area contributed by atoms with Gasteiger partial charge in [0, 0.05) is 0 Å². The molecule has 2 nitrogen and oxygen atoms in total. The van der Waals surface area contributed by atoms with Crippen LogP contribution in [-0.4, -0.2) is 18.3 Å². The molecule has 86 valence electrons. The zero-order chi connectivity index (χ0) is 11.7. The topological polar surface area (TPSA) is 18.5 Å². The van der Waals surface area contributed by atoms with Crippen LogP contribution in [-0.2, 0) is 9.31 Å². The van der Waals surface area contributed by atoms with Crippen molar-refractivity contribution < 1.29 is 9.31 Å². The lowest BCUT2D eigenvalue weighted by Gasteiger charge is -2.35. The summed E-state index contributed by atoms with van der Waals surface area (Å²) in [5, 5.41) is 0. The lowest BCUT2D eigenvalue weighted by atomic mass is 9.79. The molecule has 15 heavy (non-hydrogen) atoms. The molecular formula is C12H23BO2. The van der Waals surface area contributed by atoms with Crippen LogP contribution in [0.25, 0.3) is 0 Å². The van der Waals surface area contributed by atoms with Crippen LogP contribution in [0.3, 0.4) is 0 Å². The summed E-state index contributed by atoms with van der Waals surface area (Å²) in [4.78, 5) is 0. The summed E-state index contributed by atoms with van der Waals surface area (Å²) < 4.78 is 12.0. The highest BCUT2D eigenvalue weighted by Crippen LogP contribution is 2.40. The maximum Gasteiger partial charge on any atom is 0.489 e. The molecule has 0 amide bonds. The van der Waals surface area contributed by atoms with Crippen LogP contribution in [0.4, 0.5) is 0 Å².